The van der Waals surface area contributed by atoms with E-state index >= 15 is 0 Å². The second kappa shape index (κ2) is 9.85. The van der Waals surface area contributed by atoms with E-state index in [1.165, 1.54) is 6.92 Å². The molecule has 6 nitrogen and oxygen atoms in total. The summed E-state index contributed by atoms with van der Waals surface area (Å²) < 4.78 is 0. The highest BCUT2D eigenvalue weighted by Gasteiger charge is 2.19. The molecule has 4 aromatic rings. The first-order valence-electron chi connectivity index (χ1n) is 10.7. The van der Waals surface area contributed by atoms with Crippen molar-refractivity contribution in [3.05, 3.63) is 94.5 Å². The fourth-order valence-corrected chi connectivity index (χ4v) is 3.93. The lowest BCUT2D eigenvalue weighted by Crippen LogP contribution is -2.16. The zero-order valence-corrected chi connectivity index (χ0v) is 19.5. The van der Waals surface area contributed by atoms with Crippen molar-refractivity contribution in [3.8, 4) is 5.75 Å². The molecule has 0 aromatic heterocycles. The number of anilines is 3. The normalized spacial score (nSPS) is 10.7. The Morgan fingerprint density at radius 2 is 1.68 bits per heavy atom. The summed E-state index contributed by atoms with van der Waals surface area (Å²) in [6, 6.07) is 21.5. The molecule has 4 rings (SSSR count). The Kier molecular flexibility index (Phi) is 6.70. The van der Waals surface area contributed by atoms with Crippen molar-refractivity contribution >= 4 is 51.1 Å². The lowest BCUT2D eigenvalue weighted by Gasteiger charge is -2.17. The molecule has 7 heteroatoms. The van der Waals surface area contributed by atoms with Gasteiger partial charge in [-0.2, -0.15) is 0 Å². The molecule has 4 N–H and O–H groups in total. The van der Waals surface area contributed by atoms with Gasteiger partial charge in [0.1, 0.15) is 0 Å². The maximum absolute atomic E-state index is 13.1. The van der Waals surface area contributed by atoms with Gasteiger partial charge in [0.2, 0.25) is 0 Å². The second-order valence-electron chi connectivity index (χ2n) is 7.95. The standard InChI is InChI=1S/C27H24ClN3O3/c1-16-13-20(28)9-12-24(16)31-27(34)23-14-19-5-3-4-6-22(19)25(26(23)33)30-15-29-21-10-7-18(8-11-21)17(2)32/h3-14,29-30,33H,15H2,1-2H3,(H,31,34). The molecule has 0 aliphatic heterocycles. The Labute approximate surface area is 202 Å². The summed E-state index contributed by atoms with van der Waals surface area (Å²) in [7, 11) is 0. The fourth-order valence-electron chi connectivity index (χ4n) is 3.70. The fraction of sp³-hybridized carbons (Fsp3) is 0.111. The average molecular weight is 474 g/mol. The summed E-state index contributed by atoms with van der Waals surface area (Å²) in [5.41, 5.74) is 3.49. The molecule has 34 heavy (non-hydrogen) atoms. The monoisotopic (exact) mass is 473 g/mol. The lowest BCUT2D eigenvalue weighted by molar-refractivity contribution is 0.101. The number of amides is 1. The van der Waals surface area contributed by atoms with Crippen LogP contribution in [0.15, 0.2) is 72.8 Å². The van der Waals surface area contributed by atoms with E-state index in [2.05, 4.69) is 16.0 Å². The van der Waals surface area contributed by atoms with E-state index in [0.717, 1.165) is 22.0 Å². The smallest absolute Gasteiger partial charge is 0.259 e. The Bertz CT molecular complexity index is 1380. The maximum atomic E-state index is 13.1. The first-order chi connectivity index (χ1) is 16.3. The molecule has 0 fully saturated rings. The van der Waals surface area contributed by atoms with E-state index in [-0.39, 0.29) is 17.1 Å². The van der Waals surface area contributed by atoms with Crippen LogP contribution >= 0.6 is 11.6 Å². The maximum Gasteiger partial charge on any atom is 0.259 e. The molecule has 4 aromatic carbocycles. The zero-order valence-electron chi connectivity index (χ0n) is 18.8. The molecule has 0 unspecified atom stereocenters. The van der Waals surface area contributed by atoms with Crippen molar-refractivity contribution in [2.45, 2.75) is 13.8 Å². The number of halogens is 1. The number of ketones is 1. The summed E-state index contributed by atoms with van der Waals surface area (Å²) in [5, 5.41) is 22.5. The molecule has 0 saturated carbocycles. The van der Waals surface area contributed by atoms with Gasteiger partial charge in [0.25, 0.3) is 5.91 Å². The number of phenols is 1. The Morgan fingerprint density at radius 1 is 0.941 bits per heavy atom. The second-order valence-corrected chi connectivity index (χ2v) is 8.38. The molecule has 0 heterocycles. The first-order valence-corrected chi connectivity index (χ1v) is 11.1. The summed E-state index contributed by atoms with van der Waals surface area (Å²) in [4.78, 5) is 24.5. The van der Waals surface area contributed by atoms with Crippen LogP contribution in [0.2, 0.25) is 5.02 Å². The van der Waals surface area contributed by atoms with Gasteiger partial charge < -0.3 is 21.1 Å². The van der Waals surface area contributed by atoms with Gasteiger partial charge in [-0.25, -0.2) is 0 Å². The van der Waals surface area contributed by atoms with Crippen molar-refractivity contribution in [1.82, 2.24) is 0 Å². The van der Waals surface area contributed by atoms with E-state index in [4.69, 9.17) is 11.6 Å². The van der Waals surface area contributed by atoms with Gasteiger partial charge in [-0.15, -0.1) is 0 Å². The Hall–Kier alpha value is -4.03. The number of hydrogen-bond donors (Lipinski definition) is 4. The highest BCUT2D eigenvalue weighted by Crippen LogP contribution is 2.36. The van der Waals surface area contributed by atoms with Crippen LogP contribution in [-0.4, -0.2) is 23.5 Å². The topological polar surface area (TPSA) is 90.5 Å². The van der Waals surface area contributed by atoms with Crippen molar-refractivity contribution in [2.75, 3.05) is 22.6 Å². The zero-order chi connectivity index (χ0) is 24.2. The number of fused-ring (bicyclic) bond motifs is 1. The summed E-state index contributed by atoms with van der Waals surface area (Å²) >= 11 is 6.01. The van der Waals surface area contributed by atoms with Crippen LogP contribution in [0.25, 0.3) is 10.8 Å². The van der Waals surface area contributed by atoms with Crippen molar-refractivity contribution in [3.63, 3.8) is 0 Å². The number of Topliss-reactive ketones (excluding diaryl/α,β-unsaturated/α-hetero) is 1. The molecule has 0 aliphatic carbocycles. The van der Waals surface area contributed by atoms with E-state index in [1.807, 2.05) is 43.3 Å². The number of nitrogens with one attached hydrogen (secondary N) is 3. The van der Waals surface area contributed by atoms with Gasteiger partial charge >= 0.3 is 0 Å². The predicted octanol–water partition coefficient (Wildman–Crippen LogP) is 6.44. The third kappa shape index (κ3) is 4.97. The molecule has 0 radical (unpaired) electrons. The largest absolute Gasteiger partial charge is 0.505 e. The van der Waals surface area contributed by atoms with Crippen LogP contribution in [0.5, 0.6) is 5.75 Å². The van der Waals surface area contributed by atoms with Gasteiger partial charge in [-0.05, 0) is 73.3 Å². The highest BCUT2D eigenvalue weighted by molar-refractivity contribution is 6.30. The minimum absolute atomic E-state index is 0.00459. The number of benzene rings is 4. The van der Waals surface area contributed by atoms with Crippen LogP contribution in [0.1, 0.15) is 33.2 Å². The predicted molar refractivity (Wildman–Crippen MR) is 138 cm³/mol. The van der Waals surface area contributed by atoms with E-state index < -0.39 is 5.91 Å². The van der Waals surface area contributed by atoms with Crippen molar-refractivity contribution in [1.29, 1.82) is 0 Å². The number of aromatic hydroxyl groups is 1. The van der Waals surface area contributed by atoms with Crippen LogP contribution in [0.4, 0.5) is 17.1 Å². The van der Waals surface area contributed by atoms with Crippen molar-refractivity contribution < 1.29 is 14.7 Å². The number of carbonyl (C=O) groups is 2. The molecule has 0 spiro atoms. The Balaban J connectivity index is 1.59. The van der Waals surface area contributed by atoms with Gasteiger partial charge in [0.05, 0.1) is 17.9 Å². The molecular formula is C27H24ClN3O3. The molecule has 172 valence electrons. The van der Waals surface area contributed by atoms with Crippen LogP contribution in [-0.2, 0) is 0 Å². The summed E-state index contributed by atoms with van der Waals surface area (Å²) in [6.07, 6.45) is 0. The van der Waals surface area contributed by atoms with Crippen LogP contribution in [0, 0.1) is 6.92 Å². The molecule has 0 bridgehead atoms. The quantitative estimate of drug-likeness (QED) is 0.141. The highest BCUT2D eigenvalue weighted by atomic mass is 35.5. The minimum atomic E-state index is -0.426. The average Bonchev–Trinajstić information content (AvgIpc) is 2.82. The third-order valence-corrected chi connectivity index (χ3v) is 5.79. The van der Waals surface area contributed by atoms with Gasteiger partial charge in [-0.3, -0.25) is 9.59 Å². The number of aryl methyl sites for hydroxylation is 1. The molecular weight excluding hydrogens is 450 g/mol. The van der Waals surface area contributed by atoms with Crippen LogP contribution in [0.3, 0.4) is 0 Å². The van der Waals surface area contributed by atoms with Gasteiger partial charge in [-0.1, -0.05) is 35.9 Å². The van der Waals surface area contributed by atoms with E-state index in [0.29, 0.717) is 28.6 Å². The summed E-state index contributed by atoms with van der Waals surface area (Å²) in [6.45, 7) is 3.66. The molecule has 0 aliphatic rings. The first kappa shape index (κ1) is 23.1. The number of rotatable bonds is 7. The number of phenolic OH excluding ortho intramolecular Hbond substituents is 1. The SMILES string of the molecule is CC(=O)c1ccc(NCNc2c(O)c(C(=O)Nc3ccc(Cl)cc3C)cc3ccccc23)cc1. The van der Waals surface area contributed by atoms with Gasteiger partial charge in [0, 0.05) is 27.3 Å². The van der Waals surface area contributed by atoms with Crippen molar-refractivity contribution in [2.24, 2.45) is 0 Å². The molecule has 1 amide bonds. The van der Waals surface area contributed by atoms with E-state index in [9.17, 15) is 14.7 Å². The molecule has 0 atom stereocenters. The summed E-state index contributed by atoms with van der Waals surface area (Å²) in [5.74, 6) is -0.564. The number of hydrogen-bond acceptors (Lipinski definition) is 5. The third-order valence-electron chi connectivity index (χ3n) is 5.55. The van der Waals surface area contributed by atoms with Crippen LogP contribution < -0.4 is 16.0 Å². The molecule has 0 saturated heterocycles. The van der Waals surface area contributed by atoms with Gasteiger partial charge in [0.15, 0.2) is 11.5 Å². The Morgan fingerprint density at radius 3 is 2.38 bits per heavy atom. The minimum Gasteiger partial charge on any atom is -0.505 e. The van der Waals surface area contributed by atoms with E-state index in [1.54, 1.807) is 36.4 Å². The number of carbonyl (C=O) groups excluding carboxylic acids is 2. The lowest BCUT2D eigenvalue weighted by atomic mass is 10.0.